The topological polar surface area (TPSA) is 173 Å². The van der Waals surface area contributed by atoms with E-state index in [2.05, 4.69) is 0 Å². The molecule has 4 rings (SSSR count). The van der Waals surface area contributed by atoms with Crippen LogP contribution in [-0.2, 0) is 0 Å². The molecule has 4 aliphatic rings. The van der Waals surface area contributed by atoms with Crippen LogP contribution >= 0.6 is 0 Å². The van der Waals surface area contributed by atoms with Crippen LogP contribution in [0.1, 0.15) is 25.7 Å². The van der Waals surface area contributed by atoms with Crippen molar-refractivity contribution in [1.29, 1.82) is 0 Å². The molecule has 12 nitrogen and oxygen atoms in total. The summed E-state index contributed by atoms with van der Waals surface area (Å²) in [6.45, 7) is 0. The molecule has 0 spiro atoms. The highest BCUT2D eigenvalue weighted by Gasteiger charge is 3.05. The van der Waals surface area contributed by atoms with Gasteiger partial charge in [0.15, 0.2) is 0 Å². The molecule has 0 radical (unpaired) electrons. The first-order valence-corrected chi connectivity index (χ1v) is 6.25. The van der Waals surface area contributed by atoms with E-state index in [1.54, 1.807) is 0 Å². The summed E-state index contributed by atoms with van der Waals surface area (Å²) in [7, 11) is 0. The molecule has 0 aromatic rings. The first kappa shape index (κ1) is 13.6. The van der Waals surface area contributed by atoms with Crippen LogP contribution in [0.5, 0.6) is 0 Å². The zero-order valence-electron chi connectivity index (χ0n) is 10.5. The van der Waals surface area contributed by atoms with Crippen LogP contribution in [0.4, 0.5) is 0 Å². The van der Waals surface area contributed by atoms with Gasteiger partial charge >= 0.3 is 16.7 Å². The van der Waals surface area contributed by atoms with Gasteiger partial charge in [0.25, 0.3) is 0 Å². The van der Waals surface area contributed by atoms with Gasteiger partial charge in [-0.1, -0.05) is 0 Å². The lowest BCUT2D eigenvalue weighted by Crippen LogP contribution is -2.77. The van der Waals surface area contributed by atoms with Gasteiger partial charge in [0.1, 0.15) is 9.85 Å². The van der Waals surface area contributed by atoms with Crippen LogP contribution in [0.2, 0.25) is 0 Å². The zero-order chi connectivity index (χ0) is 15.8. The van der Waals surface area contributed by atoms with Crippen molar-refractivity contribution in [2.24, 2.45) is 11.8 Å². The Morgan fingerprint density at radius 3 is 1.76 bits per heavy atom. The largest absolute Gasteiger partial charge is 0.593 e. The molecule has 0 aromatic heterocycles. The molecule has 12 heteroatoms. The molecule has 21 heavy (non-hydrogen) atoms. The summed E-state index contributed by atoms with van der Waals surface area (Å²) in [6, 6.07) is 0. The van der Waals surface area contributed by atoms with E-state index in [4.69, 9.17) is 0 Å². The third-order valence-electron chi connectivity index (χ3n) is 5.56. The lowest BCUT2D eigenvalue weighted by molar-refractivity contribution is -0.890. The summed E-state index contributed by atoms with van der Waals surface area (Å²) >= 11 is 0. The van der Waals surface area contributed by atoms with Crippen molar-refractivity contribution in [2.75, 3.05) is 0 Å². The van der Waals surface area contributed by atoms with Gasteiger partial charge in [0, 0.05) is 29.1 Å². The van der Waals surface area contributed by atoms with Crippen molar-refractivity contribution >= 4 is 0 Å². The molecule has 4 aliphatic carbocycles. The molecular formula is C9H10N4O8. The van der Waals surface area contributed by atoms with Gasteiger partial charge in [0.2, 0.25) is 0 Å². The van der Waals surface area contributed by atoms with Gasteiger partial charge in [0.05, 0.1) is 5.92 Å². The molecule has 0 heterocycles. The lowest BCUT2D eigenvalue weighted by Gasteiger charge is -2.34. The number of rotatable bonds is 4. The smallest absolute Gasteiger partial charge is 0.263 e. The summed E-state index contributed by atoms with van der Waals surface area (Å²) in [6.07, 6.45) is -0.990. The molecule has 0 N–H and O–H groups in total. The minimum absolute atomic E-state index is 0.194. The molecular weight excluding hydrogens is 292 g/mol. The predicted octanol–water partition coefficient (Wildman–Crippen LogP) is 0.101. The molecule has 0 aliphatic heterocycles. The summed E-state index contributed by atoms with van der Waals surface area (Å²) in [5.74, 6) is -1.46. The van der Waals surface area contributed by atoms with Gasteiger partial charge in [-0.3, -0.25) is 40.5 Å². The average Bonchev–Trinajstić information content (AvgIpc) is 2.71. The Hall–Kier alpha value is -2.40. The second-order valence-electron chi connectivity index (χ2n) is 6.07. The Bertz CT molecular complexity index is 591. The Morgan fingerprint density at radius 1 is 0.762 bits per heavy atom. The Labute approximate surface area is 115 Å². The predicted molar refractivity (Wildman–Crippen MR) is 61.6 cm³/mol. The third kappa shape index (κ3) is 1.03. The minimum atomic E-state index is -3.40. The van der Waals surface area contributed by atoms with Crippen molar-refractivity contribution in [1.82, 2.24) is 0 Å². The second-order valence-corrected chi connectivity index (χ2v) is 6.07. The highest BCUT2D eigenvalue weighted by Crippen LogP contribution is 2.69. The number of hydrogen-bond acceptors (Lipinski definition) is 8. The summed E-state index contributed by atoms with van der Waals surface area (Å²) in [4.78, 5) is 41.2. The Balaban J connectivity index is 2.41. The highest BCUT2D eigenvalue weighted by molar-refractivity contribution is 5.25. The van der Waals surface area contributed by atoms with Crippen LogP contribution in [0.25, 0.3) is 0 Å². The lowest BCUT2D eigenvalue weighted by atomic mass is 9.67. The van der Waals surface area contributed by atoms with Gasteiger partial charge in [-0.05, 0) is 12.3 Å². The molecule has 4 unspecified atom stereocenters. The molecule has 4 atom stereocenters. The Kier molecular flexibility index (Phi) is 2.22. The third-order valence-corrected chi connectivity index (χ3v) is 5.56. The quantitative estimate of drug-likeness (QED) is 0.399. The number of hydrogen-bond donors (Lipinski definition) is 0. The van der Waals surface area contributed by atoms with Crippen LogP contribution in [0.15, 0.2) is 0 Å². The minimum Gasteiger partial charge on any atom is -0.263 e. The van der Waals surface area contributed by atoms with Gasteiger partial charge < -0.3 is 0 Å². The van der Waals surface area contributed by atoms with Crippen molar-refractivity contribution in [3.63, 3.8) is 0 Å². The van der Waals surface area contributed by atoms with E-state index < -0.39 is 54.7 Å². The summed E-state index contributed by atoms with van der Waals surface area (Å²) < 4.78 is 0. The highest BCUT2D eigenvalue weighted by atomic mass is 16.7. The molecule has 4 fully saturated rings. The summed E-state index contributed by atoms with van der Waals surface area (Å²) in [5, 5.41) is 46.0. The molecule has 0 aromatic carbocycles. The van der Waals surface area contributed by atoms with E-state index >= 15 is 0 Å². The maximum Gasteiger partial charge on any atom is 0.593 e. The standard InChI is InChI=1S/C9H10N4O8/c14-10(15)7-2-5-1-6(4-7)8(3-5,11(16)17)9(7,12(18)19)13(20)21/h5-6H,1-4H2. The van der Waals surface area contributed by atoms with Crippen molar-refractivity contribution in [3.05, 3.63) is 40.5 Å². The molecule has 4 saturated carbocycles. The second kappa shape index (κ2) is 3.43. The SMILES string of the molecule is O=[N+]([O-])C12CC3CC(C1)C([N+](=O)[O-])(C3)C2([N+](=O)[O-])[N+](=O)[O-]. The van der Waals surface area contributed by atoms with Crippen molar-refractivity contribution in [3.8, 4) is 0 Å². The van der Waals surface area contributed by atoms with Crippen LogP contribution in [0.3, 0.4) is 0 Å². The molecule has 114 valence electrons. The van der Waals surface area contributed by atoms with E-state index in [1.165, 1.54) is 0 Å². The maximum absolute atomic E-state index is 11.5. The van der Waals surface area contributed by atoms with E-state index in [9.17, 15) is 40.5 Å². The molecule has 0 amide bonds. The van der Waals surface area contributed by atoms with Crippen LogP contribution < -0.4 is 0 Å². The zero-order valence-corrected chi connectivity index (χ0v) is 10.5. The first-order valence-electron chi connectivity index (χ1n) is 6.25. The Morgan fingerprint density at radius 2 is 1.33 bits per heavy atom. The normalized spacial score (nSPS) is 41.9. The van der Waals surface area contributed by atoms with Gasteiger partial charge in [-0.2, -0.15) is 0 Å². The maximum atomic E-state index is 11.5. The van der Waals surface area contributed by atoms with Gasteiger partial charge in [-0.25, -0.2) is 0 Å². The fraction of sp³-hybridized carbons (Fsp3) is 1.00. The van der Waals surface area contributed by atoms with Crippen molar-refractivity contribution < 1.29 is 19.7 Å². The summed E-state index contributed by atoms with van der Waals surface area (Å²) in [5.41, 5.74) is -8.39. The van der Waals surface area contributed by atoms with Crippen molar-refractivity contribution in [2.45, 2.75) is 42.4 Å². The fourth-order valence-electron chi connectivity index (χ4n) is 5.13. The van der Waals surface area contributed by atoms with E-state index in [0.717, 1.165) is 0 Å². The van der Waals surface area contributed by atoms with Crippen LogP contribution in [0, 0.1) is 52.3 Å². The monoisotopic (exact) mass is 302 g/mol. The first-order chi connectivity index (χ1) is 9.66. The average molecular weight is 302 g/mol. The molecule has 4 bridgehead atoms. The number of nitrogens with zero attached hydrogens (tertiary/aromatic N) is 4. The van der Waals surface area contributed by atoms with Gasteiger partial charge in [-0.15, -0.1) is 0 Å². The number of nitro groups is 4. The van der Waals surface area contributed by atoms with E-state index in [0.29, 0.717) is 0 Å². The fourth-order valence-corrected chi connectivity index (χ4v) is 5.13. The van der Waals surface area contributed by atoms with Crippen LogP contribution in [-0.4, -0.2) is 36.4 Å². The molecule has 0 saturated heterocycles. The van der Waals surface area contributed by atoms with E-state index in [-0.39, 0.29) is 19.3 Å². The van der Waals surface area contributed by atoms with E-state index in [1.807, 2.05) is 0 Å².